The van der Waals surface area contributed by atoms with Crippen molar-refractivity contribution in [3.63, 3.8) is 0 Å². The standard InChI is InChI=1S/C16H28N2S/c1-14(2,3)11(17)13-18-10-8-15(4,5)9-16(6,7)12(10)19-13/h11H,8-9,17H2,1-7H3. The van der Waals surface area contributed by atoms with Crippen molar-refractivity contribution < 1.29 is 0 Å². The molecule has 1 aliphatic rings. The smallest absolute Gasteiger partial charge is 0.110 e. The van der Waals surface area contributed by atoms with Crippen LogP contribution < -0.4 is 5.73 Å². The van der Waals surface area contributed by atoms with Gasteiger partial charge in [-0.1, -0.05) is 48.5 Å². The molecule has 0 saturated carbocycles. The van der Waals surface area contributed by atoms with Gasteiger partial charge in [0.25, 0.3) is 0 Å². The highest BCUT2D eigenvalue weighted by molar-refractivity contribution is 7.12. The second-order valence-electron chi connectivity index (χ2n) is 8.57. The maximum Gasteiger partial charge on any atom is 0.110 e. The van der Waals surface area contributed by atoms with Gasteiger partial charge in [0.15, 0.2) is 0 Å². The predicted molar refractivity (Wildman–Crippen MR) is 83.6 cm³/mol. The second kappa shape index (κ2) is 4.29. The Balaban J connectivity index is 2.44. The number of aromatic nitrogens is 1. The Kier molecular flexibility index (Phi) is 3.38. The molecule has 108 valence electrons. The van der Waals surface area contributed by atoms with Crippen molar-refractivity contribution >= 4 is 11.3 Å². The van der Waals surface area contributed by atoms with Crippen LogP contribution in [0.15, 0.2) is 0 Å². The number of nitrogens with two attached hydrogens (primary N) is 1. The summed E-state index contributed by atoms with van der Waals surface area (Å²) in [6.07, 6.45) is 2.30. The summed E-state index contributed by atoms with van der Waals surface area (Å²) >= 11 is 1.84. The van der Waals surface area contributed by atoms with Crippen LogP contribution in [-0.2, 0) is 11.8 Å². The average Bonchev–Trinajstić information content (AvgIpc) is 2.56. The maximum atomic E-state index is 6.39. The molecule has 19 heavy (non-hydrogen) atoms. The van der Waals surface area contributed by atoms with Gasteiger partial charge in [-0.25, -0.2) is 4.98 Å². The summed E-state index contributed by atoms with van der Waals surface area (Å²) in [5, 5.41) is 1.11. The van der Waals surface area contributed by atoms with E-state index in [-0.39, 0.29) is 16.9 Å². The van der Waals surface area contributed by atoms with Crippen molar-refractivity contribution in [2.45, 2.75) is 72.8 Å². The van der Waals surface area contributed by atoms with E-state index >= 15 is 0 Å². The largest absolute Gasteiger partial charge is 0.322 e. The number of hydrogen-bond donors (Lipinski definition) is 1. The van der Waals surface area contributed by atoms with Gasteiger partial charge in [-0.05, 0) is 23.7 Å². The molecule has 0 fully saturated rings. The zero-order valence-corrected chi connectivity index (χ0v) is 14.2. The summed E-state index contributed by atoms with van der Waals surface area (Å²) in [5.74, 6) is 0. The summed E-state index contributed by atoms with van der Waals surface area (Å²) in [6.45, 7) is 15.9. The molecule has 1 aromatic rings. The van der Waals surface area contributed by atoms with Crippen molar-refractivity contribution in [2.24, 2.45) is 16.6 Å². The molecule has 3 heteroatoms. The lowest BCUT2D eigenvalue weighted by atomic mass is 9.67. The van der Waals surface area contributed by atoms with Gasteiger partial charge in [0, 0.05) is 10.3 Å². The zero-order valence-electron chi connectivity index (χ0n) is 13.4. The van der Waals surface area contributed by atoms with Gasteiger partial charge in [0.05, 0.1) is 11.7 Å². The Morgan fingerprint density at radius 2 is 1.79 bits per heavy atom. The minimum absolute atomic E-state index is 0.0296. The summed E-state index contributed by atoms with van der Waals surface area (Å²) in [4.78, 5) is 6.36. The van der Waals surface area contributed by atoms with E-state index in [1.165, 1.54) is 17.0 Å². The van der Waals surface area contributed by atoms with Crippen LogP contribution in [0.3, 0.4) is 0 Å². The molecule has 1 heterocycles. The summed E-state index contributed by atoms with van der Waals surface area (Å²) in [5.41, 5.74) is 8.32. The molecular formula is C16H28N2S. The summed E-state index contributed by atoms with van der Waals surface area (Å²) in [6, 6.07) is 0.0296. The van der Waals surface area contributed by atoms with Crippen molar-refractivity contribution in [1.29, 1.82) is 0 Å². The Morgan fingerprint density at radius 1 is 1.21 bits per heavy atom. The Hall–Kier alpha value is -0.410. The van der Waals surface area contributed by atoms with Gasteiger partial charge < -0.3 is 5.73 Å². The van der Waals surface area contributed by atoms with Crippen LogP contribution in [-0.4, -0.2) is 4.98 Å². The molecule has 0 aliphatic heterocycles. The average molecular weight is 280 g/mol. The Labute approximate surface area is 121 Å². The molecule has 1 unspecified atom stereocenters. The number of fused-ring (bicyclic) bond motifs is 1. The topological polar surface area (TPSA) is 38.9 Å². The van der Waals surface area contributed by atoms with Crippen LogP contribution in [0.1, 0.15) is 76.5 Å². The van der Waals surface area contributed by atoms with Gasteiger partial charge in [-0.2, -0.15) is 0 Å². The quantitative estimate of drug-likeness (QED) is 0.826. The van der Waals surface area contributed by atoms with E-state index in [0.717, 1.165) is 11.4 Å². The van der Waals surface area contributed by atoms with Crippen molar-refractivity contribution in [2.75, 3.05) is 0 Å². The molecule has 2 rings (SSSR count). The lowest BCUT2D eigenvalue weighted by Gasteiger charge is -2.39. The fourth-order valence-electron chi connectivity index (χ4n) is 3.31. The van der Waals surface area contributed by atoms with E-state index in [4.69, 9.17) is 10.7 Å². The molecule has 0 spiro atoms. The molecule has 0 aromatic carbocycles. The normalized spacial score (nSPS) is 22.9. The lowest BCUT2D eigenvalue weighted by molar-refractivity contribution is 0.232. The predicted octanol–water partition coefficient (Wildman–Crippen LogP) is 4.44. The molecule has 2 nitrogen and oxygen atoms in total. The van der Waals surface area contributed by atoms with Gasteiger partial charge in [-0.15, -0.1) is 11.3 Å². The maximum absolute atomic E-state index is 6.39. The second-order valence-corrected chi connectivity index (χ2v) is 9.60. The first kappa shape index (κ1) is 15.0. The molecular weight excluding hydrogens is 252 g/mol. The molecule has 1 aliphatic carbocycles. The monoisotopic (exact) mass is 280 g/mol. The molecule has 0 radical (unpaired) electrons. The van der Waals surface area contributed by atoms with Crippen LogP contribution >= 0.6 is 11.3 Å². The fraction of sp³-hybridized carbons (Fsp3) is 0.812. The molecule has 0 bridgehead atoms. The van der Waals surface area contributed by atoms with Gasteiger partial charge in [-0.3, -0.25) is 0 Å². The molecule has 0 amide bonds. The lowest BCUT2D eigenvalue weighted by Crippen LogP contribution is -2.33. The van der Waals surface area contributed by atoms with E-state index in [2.05, 4.69) is 48.5 Å². The van der Waals surface area contributed by atoms with E-state index in [1.807, 2.05) is 11.3 Å². The van der Waals surface area contributed by atoms with E-state index < -0.39 is 0 Å². The first-order valence-electron chi connectivity index (χ1n) is 7.18. The molecule has 0 saturated heterocycles. The first-order chi connectivity index (χ1) is 8.42. The third-order valence-corrected chi connectivity index (χ3v) is 5.64. The SMILES string of the molecule is CC1(C)Cc2nc(C(N)C(C)(C)C)sc2C(C)(C)C1. The highest BCUT2D eigenvalue weighted by Gasteiger charge is 2.40. The van der Waals surface area contributed by atoms with E-state index in [0.29, 0.717) is 5.41 Å². The van der Waals surface area contributed by atoms with Crippen LogP contribution in [0, 0.1) is 10.8 Å². The third kappa shape index (κ3) is 2.87. The van der Waals surface area contributed by atoms with E-state index in [9.17, 15) is 0 Å². The number of nitrogens with zero attached hydrogens (tertiary/aromatic N) is 1. The molecule has 1 atom stereocenters. The molecule has 2 N–H and O–H groups in total. The highest BCUT2D eigenvalue weighted by Crippen LogP contribution is 2.49. The zero-order chi connectivity index (χ0) is 14.6. The van der Waals surface area contributed by atoms with Gasteiger partial charge >= 0.3 is 0 Å². The third-order valence-electron chi connectivity index (χ3n) is 4.09. The number of thiazole rings is 1. The first-order valence-corrected chi connectivity index (χ1v) is 8.00. The van der Waals surface area contributed by atoms with Crippen molar-refractivity contribution in [3.05, 3.63) is 15.6 Å². The summed E-state index contributed by atoms with van der Waals surface area (Å²) in [7, 11) is 0. The minimum Gasteiger partial charge on any atom is -0.322 e. The fourth-order valence-corrected chi connectivity index (χ4v) is 4.74. The van der Waals surface area contributed by atoms with Crippen molar-refractivity contribution in [1.82, 2.24) is 4.98 Å². The van der Waals surface area contributed by atoms with Crippen molar-refractivity contribution in [3.8, 4) is 0 Å². The molecule has 1 aromatic heterocycles. The van der Waals surface area contributed by atoms with Gasteiger partial charge in [0.1, 0.15) is 5.01 Å². The highest BCUT2D eigenvalue weighted by atomic mass is 32.1. The van der Waals surface area contributed by atoms with E-state index in [1.54, 1.807) is 0 Å². The summed E-state index contributed by atoms with van der Waals surface area (Å²) < 4.78 is 0. The van der Waals surface area contributed by atoms with Crippen LogP contribution in [0.25, 0.3) is 0 Å². The van der Waals surface area contributed by atoms with Crippen LogP contribution in [0.5, 0.6) is 0 Å². The van der Waals surface area contributed by atoms with Crippen LogP contribution in [0.4, 0.5) is 0 Å². The Bertz CT molecular complexity index is 477. The Morgan fingerprint density at radius 3 is 2.32 bits per heavy atom. The number of hydrogen-bond acceptors (Lipinski definition) is 3. The van der Waals surface area contributed by atoms with Crippen LogP contribution in [0.2, 0.25) is 0 Å². The number of rotatable bonds is 1. The van der Waals surface area contributed by atoms with Gasteiger partial charge in [0.2, 0.25) is 0 Å². The minimum atomic E-state index is 0.0296.